The van der Waals surface area contributed by atoms with E-state index in [2.05, 4.69) is 4.72 Å². The van der Waals surface area contributed by atoms with Crippen molar-refractivity contribution in [2.45, 2.75) is 38.5 Å². The van der Waals surface area contributed by atoms with Crippen molar-refractivity contribution in [3.8, 4) is 0 Å². The van der Waals surface area contributed by atoms with Gasteiger partial charge in [0.1, 0.15) is 0 Å². The van der Waals surface area contributed by atoms with Gasteiger partial charge in [-0.05, 0) is 38.8 Å². The first-order chi connectivity index (χ1) is 9.36. The van der Waals surface area contributed by atoms with Gasteiger partial charge in [0.15, 0.2) is 0 Å². The van der Waals surface area contributed by atoms with Gasteiger partial charge in [-0.25, -0.2) is 13.1 Å². The largest absolute Gasteiger partial charge is 0.466 e. The van der Waals surface area contributed by atoms with Crippen LogP contribution in [-0.4, -0.2) is 27.5 Å². The highest BCUT2D eigenvalue weighted by Gasteiger charge is 2.16. The van der Waals surface area contributed by atoms with Crippen molar-refractivity contribution in [3.63, 3.8) is 0 Å². The van der Waals surface area contributed by atoms with Gasteiger partial charge in [-0.2, -0.15) is 0 Å². The van der Waals surface area contributed by atoms with Crippen LogP contribution in [-0.2, 0) is 19.6 Å². The van der Waals surface area contributed by atoms with Crippen molar-refractivity contribution in [1.82, 2.24) is 4.72 Å². The molecule has 0 atom stereocenters. The minimum absolute atomic E-state index is 0.212. The zero-order chi connectivity index (χ0) is 15.2. The van der Waals surface area contributed by atoms with E-state index >= 15 is 0 Å². The fourth-order valence-corrected chi connectivity index (χ4v) is 3.15. The summed E-state index contributed by atoms with van der Waals surface area (Å²) in [6, 6.07) is 5.19. The lowest BCUT2D eigenvalue weighted by Crippen LogP contribution is -2.26. The van der Waals surface area contributed by atoms with E-state index in [-0.39, 0.29) is 23.8 Å². The third kappa shape index (κ3) is 4.94. The molecule has 0 aromatic heterocycles. The Labute approximate surface area is 120 Å². The number of esters is 1. The summed E-state index contributed by atoms with van der Waals surface area (Å²) in [6.07, 6.45) is 0.631. The fourth-order valence-electron chi connectivity index (χ4n) is 1.85. The first-order valence-corrected chi connectivity index (χ1v) is 8.07. The van der Waals surface area contributed by atoms with Crippen LogP contribution < -0.4 is 4.72 Å². The molecule has 6 heteroatoms. The molecule has 0 aliphatic carbocycles. The van der Waals surface area contributed by atoms with E-state index in [1.165, 1.54) is 0 Å². The number of nitrogens with one attached hydrogen (secondary N) is 1. The number of ether oxygens (including phenoxy) is 1. The molecule has 1 aromatic rings. The molecule has 112 valence electrons. The quantitative estimate of drug-likeness (QED) is 0.617. The van der Waals surface area contributed by atoms with E-state index in [1.807, 2.05) is 13.0 Å². The SMILES string of the molecule is CCOC(=O)CCCNS(=O)(=O)c1ccc(C)cc1C. The molecule has 0 fully saturated rings. The van der Waals surface area contributed by atoms with Crippen LogP contribution in [0.2, 0.25) is 0 Å². The van der Waals surface area contributed by atoms with E-state index in [1.54, 1.807) is 26.0 Å². The van der Waals surface area contributed by atoms with Gasteiger partial charge >= 0.3 is 5.97 Å². The minimum Gasteiger partial charge on any atom is -0.466 e. The predicted octanol–water partition coefficient (Wildman–Crippen LogP) is 1.93. The second-order valence-electron chi connectivity index (χ2n) is 4.58. The van der Waals surface area contributed by atoms with Crippen LogP contribution in [0.5, 0.6) is 0 Å². The standard InChI is InChI=1S/C14H21NO4S/c1-4-19-14(16)6-5-9-15-20(17,18)13-8-7-11(2)10-12(13)3/h7-8,10,15H,4-6,9H2,1-3H3. The van der Waals surface area contributed by atoms with Crippen molar-refractivity contribution >= 4 is 16.0 Å². The van der Waals surface area contributed by atoms with Crippen LogP contribution in [0.15, 0.2) is 23.1 Å². The Morgan fingerprint density at radius 1 is 1.30 bits per heavy atom. The van der Waals surface area contributed by atoms with Gasteiger partial charge in [-0.15, -0.1) is 0 Å². The van der Waals surface area contributed by atoms with E-state index < -0.39 is 10.0 Å². The maximum atomic E-state index is 12.1. The number of hydrogen-bond acceptors (Lipinski definition) is 4. The second-order valence-corrected chi connectivity index (χ2v) is 6.31. The normalized spacial score (nSPS) is 11.3. The topological polar surface area (TPSA) is 72.5 Å². The Morgan fingerprint density at radius 3 is 2.60 bits per heavy atom. The monoisotopic (exact) mass is 299 g/mol. The molecule has 0 saturated heterocycles. The van der Waals surface area contributed by atoms with Crippen LogP contribution in [0.25, 0.3) is 0 Å². The van der Waals surface area contributed by atoms with Crippen LogP contribution >= 0.6 is 0 Å². The van der Waals surface area contributed by atoms with E-state index in [9.17, 15) is 13.2 Å². The number of carbonyl (C=O) groups excluding carboxylic acids is 1. The van der Waals surface area contributed by atoms with Gasteiger partial charge < -0.3 is 4.74 Å². The number of hydrogen-bond donors (Lipinski definition) is 1. The first-order valence-electron chi connectivity index (χ1n) is 6.59. The van der Waals surface area contributed by atoms with Crippen molar-refractivity contribution in [2.24, 2.45) is 0 Å². The maximum Gasteiger partial charge on any atom is 0.305 e. The molecule has 0 amide bonds. The Balaban J connectivity index is 2.56. The summed E-state index contributed by atoms with van der Waals surface area (Å²) >= 11 is 0. The lowest BCUT2D eigenvalue weighted by molar-refractivity contribution is -0.143. The number of rotatable bonds is 7. The summed E-state index contributed by atoms with van der Waals surface area (Å²) in [5.74, 6) is -0.307. The third-order valence-electron chi connectivity index (χ3n) is 2.78. The lowest BCUT2D eigenvalue weighted by Gasteiger charge is -2.09. The first kappa shape index (κ1) is 16.7. The van der Waals surface area contributed by atoms with E-state index in [0.717, 1.165) is 5.56 Å². The molecular weight excluding hydrogens is 278 g/mol. The fraction of sp³-hybridized carbons (Fsp3) is 0.500. The van der Waals surface area contributed by atoms with Gasteiger partial charge in [0, 0.05) is 13.0 Å². The molecule has 0 heterocycles. The Hall–Kier alpha value is -1.40. The van der Waals surface area contributed by atoms with Crippen molar-refractivity contribution < 1.29 is 17.9 Å². The van der Waals surface area contributed by atoms with Crippen molar-refractivity contribution in [2.75, 3.05) is 13.2 Å². The molecule has 0 radical (unpaired) electrons. The molecule has 0 bridgehead atoms. The Kier molecular flexibility index (Phi) is 6.16. The highest BCUT2D eigenvalue weighted by molar-refractivity contribution is 7.89. The molecular formula is C14H21NO4S. The average molecular weight is 299 g/mol. The molecule has 0 saturated carbocycles. The van der Waals surface area contributed by atoms with Gasteiger partial charge in [0.25, 0.3) is 0 Å². The summed E-state index contributed by atoms with van der Waals surface area (Å²) in [7, 11) is -3.52. The molecule has 0 unspecified atom stereocenters. The summed E-state index contributed by atoms with van der Waals surface area (Å²) in [4.78, 5) is 11.4. The average Bonchev–Trinajstić information content (AvgIpc) is 2.34. The van der Waals surface area contributed by atoms with Gasteiger partial charge in [-0.3, -0.25) is 4.79 Å². The highest BCUT2D eigenvalue weighted by atomic mass is 32.2. The number of carbonyl (C=O) groups is 1. The van der Waals surface area contributed by atoms with Crippen LogP contribution in [0.1, 0.15) is 30.9 Å². The minimum atomic E-state index is -3.52. The van der Waals surface area contributed by atoms with Crippen LogP contribution in [0.4, 0.5) is 0 Å². The lowest BCUT2D eigenvalue weighted by atomic mass is 10.2. The molecule has 5 nitrogen and oxygen atoms in total. The summed E-state index contributed by atoms with van der Waals surface area (Å²) in [5.41, 5.74) is 1.73. The highest BCUT2D eigenvalue weighted by Crippen LogP contribution is 2.16. The zero-order valence-electron chi connectivity index (χ0n) is 12.1. The van der Waals surface area contributed by atoms with Gasteiger partial charge in [-0.1, -0.05) is 17.7 Å². The molecule has 1 aromatic carbocycles. The number of benzene rings is 1. The maximum absolute atomic E-state index is 12.1. The van der Waals surface area contributed by atoms with Crippen LogP contribution in [0, 0.1) is 13.8 Å². The summed E-state index contributed by atoms with van der Waals surface area (Å²) in [6.45, 7) is 5.97. The van der Waals surface area contributed by atoms with Gasteiger partial charge in [0.05, 0.1) is 11.5 Å². The predicted molar refractivity (Wildman–Crippen MR) is 77.0 cm³/mol. The van der Waals surface area contributed by atoms with Crippen molar-refractivity contribution in [1.29, 1.82) is 0 Å². The molecule has 20 heavy (non-hydrogen) atoms. The molecule has 0 spiro atoms. The second kappa shape index (κ2) is 7.40. The van der Waals surface area contributed by atoms with E-state index in [4.69, 9.17) is 4.74 Å². The Bertz CT molecular complexity index is 567. The van der Waals surface area contributed by atoms with Gasteiger partial charge in [0.2, 0.25) is 10.0 Å². The summed E-state index contributed by atoms with van der Waals surface area (Å²) in [5, 5.41) is 0. The molecule has 0 aliphatic rings. The number of aryl methyl sites for hydroxylation is 2. The van der Waals surface area contributed by atoms with Crippen LogP contribution in [0.3, 0.4) is 0 Å². The molecule has 0 aliphatic heterocycles. The number of sulfonamides is 1. The summed E-state index contributed by atoms with van der Waals surface area (Å²) < 4.78 is 31.5. The molecule has 1 rings (SSSR count). The zero-order valence-corrected chi connectivity index (χ0v) is 12.9. The van der Waals surface area contributed by atoms with E-state index in [0.29, 0.717) is 18.6 Å². The molecule has 1 N–H and O–H groups in total. The Morgan fingerprint density at radius 2 is 2.00 bits per heavy atom. The smallest absolute Gasteiger partial charge is 0.305 e. The van der Waals surface area contributed by atoms with Crippen molar-refractivity contribution in [3.05, 3.63) is 29.3 Å². The third-order valence-corrected chi connectivity index (χ3v) is 4.40.